The summed E-state index contributed by atoms with van der Waals surface area (Å²) in [5, 5.41) is 14.6. The molecule has 0 saturated carbocycles. The molecule has 0 radical (unpaired) electrons. The number of thioether (sulfide) groups is 1. The number of allylic oxidation sites excluding steroid dienone is 2. The zero-order valence-corrected chi connectivity index (χ0v) is 37.0. The number of primary amides is 2. The zero-order chi connectivity index (χ0) is 44.1. The number of carbonyl (C=O) groups is 4. The van der Waals surface area contributed by atoms with Crippen molar-refractivity contribution in [3.63, 3.8) is 0 Å². The van der Waals surface area contributed by atoms with Gasteiger partial charge in [0.15, 0.2) is 0 Å². The van der Waals surface area contributed by atoms with Crippen molar-refractivity contribution < 1.29 is 23.9 Å². The van der Waals surface area contributed by atoms with E-state index in [-0.39, 0.29) is 36.5 Å². The SMILES string of the molecule is CCc1nc(C)sc1C(=O)Nc1nc2cc(C(N)=O)cc(OCCCN3CCNCC3)c2n1C/C=C/Cn1c(NC(=O)c2cc(C)nn2CC)nc2cc(C(N)=O)cc(SC)c21. The second-order valence-corrected chi connectivity index (χ2v) is 16.8. The molecule has 1 saturated heterocycles. The number of nitrogens with zero attached hydrogens (tertiary/aromatic N) is 8. The second kappa shape index (κ2) is 19.3. The van der Waals surface area contributed by atoms with Gasteiger partial charge in [0.25, 0.3) is 11.8 Å². The highest BCUT2D eigenvalue weighted by atomic mass is 32.2. The number of thiazole rings is 1. The molecule has 62 heavy (non-hydrogen) atoms. The fourth-order valence-electron chi connectivity index (χ4n) is 7.50. The van der Waals surface area contributed by atoms with E-state index < -0.39 is 17.7 Å². The van der Waals surface area contributed by atoms with Crippen LogP contribution in [0.4, 0.5) is 11.9 Å². The quantitative estimate of drug-likeness (QED) is 0.0453. The smallest absolute Gasteiger partial charge is 0.276 e. The van der Waals surface area contributed by atoms with Gasteiger partial charge in [-0.2, -0.15) is 5.10 Å². The van der Waals surface area contributed by atoms with Crippen molar-refractivity contribution in [2.75, 3.05) is 56.2 Å². The molecule has 0 bridgehead atoms. The number of aromatic nitrogens is 7. The molecular weight excluding hydrogens is 831 g/mol. The number of hydrogen-bond acceptors (Lipinski definition) is 13. The third-order valence-corrected chi connectivity index (χ3v) is 12.2. The molecule has 0 aliphatic carbocycles. The molecule has 7 N–H and O–H groups in total. The highest BCUT2D eigenvalue weighted by molar-refractivity contribution is 7.98. The number of piperazine rings is 1. The lowest BCUT2D eigenvalue weighted by molar-refractivity contribution is 0.0991. The molecule has 0 atom stereocenters. The van der Waals surface area contributed by atoms with Crippen LogP contribution < -0.4 is 32.2 Å². The van der Waals surface area contributed by atoms with E-state index in [9.17, 15) is 19.2 Å². The van der Waals surface area contributed by atoms with E-state index >= 15 is 0 Å². The van der Waals surface area contributed by atoms with Crippen LogP contribution in [0.2, 0.25) is 0 Å². The number of nitrogens with two attached hydrogens (primary N) is 2. The predicted molar refractivity (Wildman–Crippen MR) is 242 cm³/mol. The summed E-state index contributed by atoms with van der Waals surface area (Å²) in [6.07, 6.45) is 7.04. The number of ether oxygens (including phenoxy) is 1. The highest BCUT2D eigenvalue weighted by Gasteiger charge is 2.24. The van der Waals surface area contributed by atoms with Gasteiger partial charge in [0.2, 0.25) is 23.7 Å². The van der Waals surface area contributed by atoms with Crippen LogP contribution in [0.5, 0.6) is 5.75 Å². The van der Waals surface area contributed by atoms with Crippen molar-refractivity contribution in [2.24, 2.45) is 11.5 Å². The number of nitrogens with one attached hydrogen (secondary N) is 3. The molecule has 18 nitrogen and oxygen atoms in total. The zero-order valence-electron chi connectivity index (χ0n) is 35.4. The first kappa shape index (κ1) is 44.0. The van der Waals surface area contributed by atoms with Gasteiger partial charge in [-0.3, -0.25) is 34.5 Å². The van der Waals surface area contributed by atoms with E-state index in [4.69, 9.17) is 26.2 Å². The van der Waals surface area contributed by atoms with Gasteiger partial charge in [0, 0.05) is 68.4 Å². The molecule has 4 aromatic heterocycles. The summed E-state index contributed by atoms with van der Waals surface area (Å²) in [6, 6.07) is 8.25. The van der Waals surface area contributed by atoms with Crippen LogP contribution in [0.3, 0.4) is 0 Å². The van der Waals surface area contributed by atoms with Gasteiger partial charge in [-0.1, -0.05) is 19.1 Å². The lowest BCUT2D eigenvalue weighted by atomic mass is 10.1. The summed E-state index contributed by atoms with van der Waals surface area (Å²) in [6.45, 7) is 13.5. The number of benzene rings is 2. The third-order valence-electron chi connectivity index (χ3n) is 10.5. The monoisotopic (exact) mass is 881 g/mol. The van der Waals surface area contributed by atoms with Crippen molar-refractivity contribution in [3.05, 3.63) is 80.6 Å². The molecule has 6 aromatic rings. The molecule has 0 unspecified atom stereocenters. The molecule has 1 aliphatic rings. The van der Waals surface area contributed by atoms with Gasteiger partial charge in [-0.15, -0.1) is 23.1 Å². The Morgan fingerprint density at radius 3 is 2.13 bits per heavy atom. The van der Waals surface area contributed by atoms with Crippen molar-refractivity contribution in [2.45, 2.75) is 65.1 Å². The number of fused-ring (bicyclic) bond motifs is 2. The first-order valence-corrected chi connectivity index (χ1v) is 22.5. The molecule has 326 valence electrons. The van der Waals surface area contributed by atoms with Gasteiger partial charge >= 0.3 is 0 Å². The normalized spacial score (nSPS) is 13.4. The Hall–Kier alpha value is -6.09. The van der Waals surface area contributed by atoms with Crippen molar-refractivity contribution in [1.29, 1.82) is 0 Å². The minimum absolute atomic E-state index is 0.214. The molecule has 1 fully saturated rings. The summed E-state index contributed by atoms with van der Waals surface area (Å²) in [7, 11) is 0. The van der Waals surface area contributed by atoms with E-state index in [0.717, 1.165) is 49.0 Å². The number of carbonyl (C=O) groups excluding carboxylic acids is 4. The van der Waals surface area contributed by atoms with Crippen molar-refractivity contribution in [3.8, 4) is 5.75 Å². The van der Waals surface area contributed by atoms with Crippen LogP contribution in [0.15, 0.2) is 47.4 Å². The molecule has 20 heteroatoms. The van der Waals surface area contributed by atoms with E-state index in [1.165, 1.54) is 23.1 Å². The Balaban J connectivity index is 1.25. The molecule has 7 rings (SSSR count). The Bertz CT molecular complexity index is 2690. The number of aryl methyl sites for hydroxylation is 4. The van der Waals surface area contributed by atoms with Gasteiger partial charge in [-0.05, 0) is 70.2 Å². The Kier molecular flexibility index (Phi) is 13.7. The summed E-state index contributed by atoms with van der Waals surface area (Å²) in [4.78, 5) is 70.1. The molecular formula is C42H51N13O5S2. The Labute approximate surface area is 366 Å². The Morgan fingerprint density at radius 2 is 1.50 bits per heavy atom. The van der Waals surface area contributed by atoms with Crippen LogP contribution in [0.1, 0.15) is 77.5 Å². The van der Waals surface area contributed by atoms with Crippen molar-refractivity contribution in [1.82, 2.24) is 44.1 Å². The maximum absolute atomic E-state index is 13.9. The van der Waals surface area contributed by atoms with Crippen LogP contribution in [-0.2, 0) is 26.1 Å². The number of amides is 4. The second-order valence-electron chi connectivity index (χ2n) is 14.7. The minimum Gasteiger partial charge on any atom is -0.491 e. The van der Waals surface area contributed by atoms with Crippen molar-refractivity contribution >= 4 is 80.7 Å². The number of imidazole rings is 2. The van der Waals surface area contributed by atoms with E-state index in [2.05, 4.69) is 30.9 Å². The Morgan fingerprint density at radius 1 is 0.871 bits per heavy atom. The molecule has 2 aromatic carbocycles. The molecule has 5 heterocycles. The maximum atomic E-state index is 13.9. The molecule has 1 aliphatic heterocycles. The van der Waals surface area contributed by atoms with Gasteiger partial charge in [-0.25, -0.2) is 15.0 Å². The lowest BCUT2D eigenvalue weighted by Gasteiger charge is -2.27. The van der Waals surface area contributed by atoms with Crippen LogP contribution >= 0.6 is 23.1 Å². The molecule has 4 amide bonds. The highest BCUT2D eigenvalue weighted by Crippen LogP contribution is 2.33. The number of rotatable bonds is 18. The number of anilines is 2. The van der Waals surface area contributed by atoms with Gasteiger partial charge < -0.3 is 35.6 Å². The van der Waals surface area contributed by atoms with Crippen LogP contribution in [0, 0.1) is 13.8 Å². The first-order chi connectivity index (χ1) is 29.9. The fraction of sp³-hybridized carbons (Fsp3) is 0.381. The lowest BCUT2D eigenvalue weighted by Crippen LogP contribution is -2.43. The average molecular weight is 882 g/mol. The predicted octanol–water partition coefficient (Wildman–Crippen LogP) is 4.59. The van der Waals surface area contributed by atoms with Crippen LogP contribution in [-0.4, -0.2) is 108 Å². The van der Waals surface area contributed by atoms with Crippen LogP contribution in [0.25, 0.3) is 22.1 Å². The van der Waals surface area contributed by atoms with E-state index in [1.807, 2.05) is 55.2 Å². The summed E-state index contributed by atoms with van der Waals surface area (Å²) < 4.78 is 11.7. The first-order valence-electron chi connectivity index (χ1n) is 20.4. The standard InChI is InChI=1S/C42H51N13O5S2/c1-6-28-36(62-25(4)46-28)40(59)50-42-47-29-20-26(37(43)56)22-32(60-18-10-13-52-16-11-45-12-17-52)34(29)53(42)14-8-9-15-54-35-30(21-27(38(44)57)23-33(35)61-5)48-41(54)49-39(58)31-19-24(3)51-55(31)7-2/h8-9,19-23,45H,6-7,10-18H2,1-5H3,(H2,43,56)(H2,44,57)(H,47,50,59)(H,48,49,58)/b9-8+. The maximum Gasteiger partial charge on any atom is 0.276 e. The largest absolute Gasteiger partial charge is 0.491 e. The summed E-state index contributed by atoms with van der Waals surface area (Å²) >= 11 is 2.73. The summed E-state index contributed by atoms with van der Waals surface area (Å²) in [5.74, 6) is -1.07. The van der Waals surface area contributed by atoms with E-state index in [0.29, 0.717) is 74.9 Å². The minimum atomic E-state index is -0.636. The average Bonchev–Trinajstić information content (AvgIpc) is 4.03. The molecule has 0 spiro atoms. The number of hydrogen-bond donors (Lipinski definition) is 5. The topological polar surface area (TPSA) is 235 Å². The fourth-order valence-corrected chi connectivity index (χ4v) is 9.06. The van der Waals surface area contributed by atoms with E-state index in [1.54, 1.807) is 35.0 Å². The van der Waals surface area contributed by atoms with Gasteiger partial charge in [0.1, 0.15) is 21.8 Å². The third kappa shape index (κ3) is 9.52. The van der Waals surface area contributed by atoms with Gasteiger partial charge in [0.05, 0.1) is 39.6 Å². The summed E-state index contributed by atoms with van der Waals surface area (Å²) in [5.41, 5.74) is 15.9.